The number of methoxy groups -OCH3 is 1. The highest BCUT2D eigenvalue weighted by atomic mass is 19.4. The monoisotopic (exact) mass is 284 g/mol. The third-order valence-electron chi connectivity index (χ3n) is 3.09. The lowest BCUT2D eigenvalue weighted by atomic mass is 9.88. The van der Waals surface area contributed by atoms with E-state index in [1.54, 1.807) is 13.8 Å². The van der Waals surface area contributed by atoms with E-state index in [9.17, 15) is 22.8 Å². The fourth-order valence-corrected chi connectivity index (χ4v) is 1.88. The lowest BCUT2D eigenvalue weighted by molar-refractivity contribution is -0.219. The second-order valence-corrected chi connectivity index (χ2v) is 4.32. The Morgan fingerprint density at radius 2 is 2.05 bits per heavy atom. The van der Waals surface area contributed by atoms with Crippen LogP contribution in [0.15, 0.2) is 0 Å². The molecule has 0 saturated carbocycles. The van der Waals surface area contributed by atoms with Gasteiger partial charge in [0.2, 0.25) is 6.29 Å². The van der Waals surface area contributed by atoms with Crippen molar-refractivity contribution in [2.75, 3.05) is 7.11 Å². The van der Waals surface area contributed by atoms with Gasteiger partial charge in [0.1, 0.15) is 5.92 Å². The highest BCUT2D eigenvalue weighted by Crippen LogP contribution is 2.34. The van der Waals surface area contributed by atoms with Crippen molar-refractivity contribution in [1.82, 2.24) is 0 Å². The second kappa shape index (κ2) is 5.77. The van der Waals surface area contributed by atoms with Crippen molar-refractivity contribution in [1.29, 1.82) is 0 Å². The first-order valence-corrected chi connectivity index (χ1v) is 5.73. The fourth-order valence-electron chi connectivity index (χ4n) is 1.88. The van der Waals surface area contributed by atoms with Crippen molar-refractivity contribution < 1.29 is 37.0 Å². The van der Waals surface area contributed by atoms with Crippen LogP contribution in [0.5, 0.6) is 0 Å². The van der Waals surface area contributed by atoms with E-state index in [1.165, 1.54) is 0 Å². The van der Waals surface area contributed by atoms with Crippen LogP contribution in [0.4, 0.5) is 13.2 Å². The third kappa shape index (κ3) is 3.37. The molecule has 1 unspecified atom stereocenters. The number of ether oxygens (including phenoxy) is 3. The summed E-state index contributed by atoms with van der Waals surface area (Å²) in [4.78, 5) is 22.5. The minimum absolute atomic E-state index is 0.293. The Kier molecular flexibility index (Phi) is 4.78. The summed E-state index contributed by atoms with van der Waals surface area (Å²) in [5.74, 6) is -4.33. The lowest BCUT2D eigenvalue weighted by Crippen LogP contribution is -2.40. The minimum atomic E-state index is -5.12. The SMILES string of the molecule is CC[C@H](C)[C@@H]1C(=O)OC(OC)[C@@H]1OC(=O)C(F)(F)F. The Hall–Kier alpha value is -1.31. The van der Waals surface area contributed by atoms with E-state index in [2.05, 4.69) is 4.74 Å². The summed E-state index contributed by atoms with van der Waals surface area (Å²) >= 11 is 0. The molecule has 1 aliphatic rings. The van der Waals surface area contributed by atoms with E-state index in [1.807, 2.05) is 0 Å². The molecule has 1 fully saturated rings. The molecule has 0 N–H and O–H groups in total. The Morgan fingerprint density at radius 1 is 1.47 bits per heavy atom. The van der Waals surface area contributed by atoms with Crippen LogP contribution in [-0.4, -0.2) is 37.6 Å². The summed E-state index contributed by atoms with van der Waals surface area (Å²) < 4.78 is 50.5. The third-order valence-corrected chi connectivity index (χ3v) is 3.09. The van der Waals surface area contributed by atoms with E-state index < -0.39 is 36.4 Å². The van der Waals surface area contributed by atoms with Gasteiger partial charge in [0.15, 0.2) is 6.10 Å². The van der Waals surface area contributed by atoms with Gasteiger partial charge in [-0.1, -0.05) is 20.3 Å². The zero-order valence-electron chi connectivity index (χ0n) is 10.7. The van der Waals surface area contributed by atoms with Gasteiger partial charge in [0.25, 0.3) is 0 Å². The summed E-state index contributed by atoms with van der Waals surface area (Å²) in [7, 11) is 1.16. The van der Waals surface area contributed by atoms with Crippen LogP contribution >= 0.6 is 0 Å². The topological polar surface area (TPSA) is 61.8 Å². The molecule has 0 aliphatic carbocycles. The summed E-state index contributed by atoms with van der Waals surface area (Å²) in [5, 5.41) is 0. The average Bonchev–Trinajstić information content (AvgIpc) is 2.63. The number of cyclic esters (lactones) is 1. The minimum Gasteiger partial charge on any atom is -0.448 e. The van der Waals surface area contributed by atoms with Crippen LogP contribution in [0.25, 0.3) is 0 Å². The van der Waals surface area contributed by atoms with E-state index in [4.69, 9.17) is 9.47 Å². The van der Waals surface area contributed by atoms with Crippen LogP contribution in [0, 0.1) is 11.8 Å². The summed E-state index contributed by atoms with van der Waals surface area (Å²) in [6.45, 7) is 3.43. The van der Waals surface area contributed by atoms with Gasteiger partial charge < -0.3 is 14.2 Å². The number of halogens is 3. The van der Waals surface area contributed by atoms with Gasteiger partial charge in [0, 0.05) is 7.11 Å². The Bertz CT molecular complexity index is 355. The molecule has 19 heavy (non-hydrogen) atoms. The molecule has 5 nitrogen and oxygen atoms in total. The molecule has 0 aromatic rings. The summed E-state index contributed by atoms with van der Waals surface area (Å²) in [6, 6.07) is 0. The lowest BCUT2D eigenvalue weighted by Gasteiger charge is -2.23. The number of hydrogen-bond donors (Lipinski definition) is 0. The molecule has 4 atom stereocenters. The Balaban J connectivity index is 2.91. The number of esters is 2. The highest BCUT2D eigenvalue weighted by molar-refractivity contribution is 5.79. The van der Waals surface area contributed by atoms with Gasteiger partial charge in [0.05, 0.1) is 0 Å². The quantitative estimate of drug-likeness (QED) is 0.735. The first-order valence-electron chi connectivity index (χ1n) is 5.73. The average molecular weight is 284 g/mol. The van der Waals surface area contributed by atoms with Crippen LogP contribution in [-0.2, 0) is 23.8 Å². The molecular formula is C11H15F3O5. The van der Waals surface area contributed by atoms with Gasteiger partial charge in [-0.2, -0.15) is 13.2 Å². The normalized spacial score (nSPS) is 28.9. The largest absolute Gasteiger partial charge is 0.490 e. The number of rotatable bonds is 4. The number of carbonyl (C=O) groups excluding carboxylic acids is 2. The standard InChI is InChI=1S/C11H15F3O5/c1-4-5(2)6-7(9(17-3)19-8(6)15)18-10(16)11(12,13)14/h5-7,9H,4H2,1-3H3/t5-,6-,7+,9?/m0/s1. The van der Waals surface area contributed by atoms with E-state index in [0.717, 1.165) is 7.11 Å². The van der Waals surface area contributed by atoms with Crippen molar-refractivity contribution in [3.63, 3.8) is 0 Å². The molecule has 110 valence electrons. The molecule has 0 amide bonds. The van der Waals surface area contributed by atoms with Gasteiger partial charge in [-0.05, 0) is 5.92 Å². The van der Waals surface area contributed by atoms with Crippen LogP contribution in [0.1, 0.15) is 20.3 Å². The predicted molar refractivity (Wildman–Crippen MR) is 55.8 cm³/mol. The van der Waals surface area contributed by atoms with E-state index >= 15 is 0 Å². The van der Waals surface area contributed by atoms with Crippen molar-refractivity contribution in [3.05, 3.63) is 0 Å². The Morgan fingerprint density at radius 3 is 2.47 bits per heavy atom. The maximum atomic E-state index is 12.2. The first-order chi connectivity index (χ1) is 8.72. The molecule has 0 bridgehead atoms. The molecule has 1 saturated heterocycles. The molecular weight excluding hydrogens is 269 g/mol. The maximum Gasteiger partial charge on any atom is 0.490 e. The molecule has 1 heterocycles. The number of hydrogen-bond acceptors (Lipinski definition) is 5. The summed E-state index contributed by atoms with van der Waals surface area (Å²) in [5.41, 5.74) is 0. The van der Waals surface area contributed by atoms with Gasteiger partial charge in [-0.3, -0.25) is 4.79 Å². The van der Waals surface area contributed by atoms with Crippen molar-refractivity contribution >= 4 is 11.9 Å². The molecule has 1 rings (SSSR count). The predicted octanol–water partition coefficient (Wildman–Crippen LogP) is 1.65. The first kappa shape index (κ1) is 15.7. The molecule has 1 aliphatic heterocycles. The maximum absolute atomic E-state index is 12.2. The van der Waals surface area contributed by atoms with Crippen LogP contribution < -0.4 is 0 Å². The zero-order valence-corrected chi connectivity index (χ0v) is 10.7. The molecule has 8 heteroatoms. The molecule has 0 radical (unpaired) electrons. The van der Waals surface area contributed by atoms with Gasteiger partial charge in [-0.15, -0.1) is 0 Å². The highest BCUT2D eigenvalue weighted by Gasteiger charge is 2.53. The van der Waals surface area contributed by atoms with E-state index in [0.29, 0.717) is 6.42 Å². The van der Waals surface area contributed by atoms with Crippen molar-refractivity contribution in [2.45, 2.75) is 38.8 Å². The number of carbonyl (C=O) groups is 2. The van der Waals surface area contributed by atoms with Crippen LogP contribution in [0.2, 0.25) is 0 Å². The fraction of sp³-hybridized carbons (Fsp3) is 0.818. The molecule has 0 aromatic carbocycles. The molecule has 0 aromatic heterocycles. The van der Waals surface area contributed by atoms with Crippen molar-refractivity contribution in [3.8, 4) is 0 Å². The Labute approximate surface area is 108 Å². The van der Waals surface area contributed by atoms with E-state index in [-0.39, 0.29) is 5.92 Å². The second-order valence-electron chi connectivity index (χ2n) is 4.32. The van der Waals surface area contributed by atoms with Gasteiger partial charge in [-0.25, -0.2) is 4.79 Å². The molecule has 0 spiro atoms. The van der Waals surface area contributed by atoms with Gasteiger partial charge >= 0.3 is 18.1 Å². The summed E-state index contributed by atoms with van der Waals surface area (Å²) in [6.07, 6.45) is -7.29. The zero-order chi connectivity index (χ0) is 14.8. The smallest absolute Gasteiger partial charge is 0.448 e. The van der Waals surface area contributed by atoms with Crippen LogP contribution in [0.3, 0.4) is 0 Å². The number of alkyl halides is 3. The van der Waals surface area contributed by atoms with Crippen molar-refractivity contribution in [2.24, 2.45) is 11.8 Å².